The molecule has 2 heterocycles. The molecule has 1 aromatic rings. The number of nitrogens with one attached hydrogen (secondary N) is 1. The fraction of sp³-hybridized carbons (Fsp3) is 0.909. The van der Waals surface area contributed by atoms with E-state index in [4.69, 9.17) is 0 Å². The summed E-state index contributed by atoms with van der Waals surface area (Å²) in [4.78, 5) is 4.06. The number of hydrogen-bond acceptors (Lipinski definition) is 5. The molecule has 2 fully saturated rings. The minimum atomic E-state index is 0.557. The molecule has 6 nitrogen and oxygen atoms in total. The third-order valence-corrected chi connectivity index (χ3v) is 3.71. The van der Waals surface area contributed by atoms with Crippen molar-refractivity contribution in [2.24, 2.45) is 13.0 Å². The van der Waals surface area contributed by atoms with Gasteiger partial charge in [0.1, 0.15) is 0 Å². The summed E-state index contributed by atoms with van der Waals surface area (Å²) in [6, 6.07) is 1.22. The fourth-order valence-electron chi connectivity index (χ4n) is 2.70. The zero-order valence-electron chi connectivity index (χ0n) is 10.5. The summed E-state index contributed by atoms with van der Waals surface area (Å²) in [6.45, 7) is 5.26. The van der Waals surface area contributed by atoms with Crippen molar-refractivity contribution in [3.05, 3.63) is 5.82 Å². The first-order valence-electron chi connectivity index (χ1n) is 6.42. The zero-order valence-corrected chi connectivity index (χ0v) is 10.5. The molecule has 1 saturated heterocycles. The van der Waals surface area contributed by atoms with Gasteiger partial charge in [-0.2, -0.15) is 4.80 Å². The maximum atomic E-state index is 4.28. The molecule has 0 amide bonds. The number of tetrazole rings is 1. The van der Waals surface area contributed by atoms with Gasteiger partial charge in [-0.05, 0) is 30.9 Å². The van der Waals surface area contributed by atoms with Gasteiger partial charge in [0.25, 0.3) is 0 Å². The lowest BCUT2D eigenvalue weighted by atomic mass is 10.1. The van der Waals surface area contributed by atoms with Crippen LogP contribution >= 0.6 is 0 Å². The SMILES string of the molecule is CC1CN(Cc2nnn(C)n2)C(C2CC2)CN1. The van der Waals surface area contributed by atoms with Gasteiger partial charge in [-0.15, -0.1) is 10.2 Å². The molecule has 1 N–H and O–H groups in total. The monoisotopic (exact) mass is 236 g/mol. The van der Waals surface area contributed by atoms with Gasteiger partial charge in [-0.3, -0.25) is 4.90 Å². The van der Waals surface area contributed by atoms with E-state index in [2.05, 4.69) is 32.6 Å². The van der Waals surface area contributed by atoms with E-state index in [1.807, 2.05) is 7.05 Å². The molecule has 1 aliphatic heterocycles. The molecule has 1 saturated carbocycles. The van der Waals surface area contributed by atoms with Crippen LogP contribution in [-0.4, -0.2) is 50.3 Å². The first kappa shape index (κ1) is 11.1. The summed E-state index contributed by atoms with van der Waals surface area (Å²) in [6.07, 6.45) is 2.76. The largest absolute Gasteiger partial charge is 0.311 e. The highest BCUT2D eigenvalue weighted by Crippen LogP contribution is 2.36. The topological polar surface area (TPSA) is 58.9 Å². The number of rotatable bonds is 3. The lowest BCUT2D eigenvalue weighted by molar-refractivity contribution is 0.109. The second kappa shape index (κ2) is 4.34. The summed E-state index contributed by atoms with van der Waals surface area (Å²) < 4.78 is 0. The van der Waals surface area contributed by atoms with Crippen molar-refractivity contribution in [1.29, 1.82) is 0 Å². The van der Waals surface area contributed by atoms with Gasteiger partial charge in [0.2, 0.25) is 0 Å². The third kappa shape index (κ3) is 2.47. The zero-order chi connectivity index (χ0) is 11.8. The second-order valence-corrected chi connectivity index (χ2v) is 5.34. The number of hydrogen-bond donors (Lipinski definition) is 1. The van der Waals surface area contributed by atoms with Gasteiger partial charge in [-0.1, -0.05) is 0 Å². The van der Waals surface area contributed by atoms with Crippen LogP contribution < -0.4 is 5.32 Å². The van der Waals surface area contributed by atoms with Crippen molar-refractivity contribution in [1.82, 2.24) is 30.4 Å². The van der Waals surface area contributed by atoms with Crippen LogP contribution in [0.15, 0.2) is 0 Å². The Kier molecular flexibility index (Phi) is 2.84. The highest BCUT2D eigenvalue weighted by atomic mass is 15.6. The van der Waals surface area contributed by atoms with Gasteiger partial charge in [-0.25, -0.2) is 0 Å². The van der Waals surface area contributed by atoms with Crippen LogP contribution in [0.1, 0.15) is 25.6 Å². The molecule has 2 atom stereocenters. The van der Waals surface area contributed by atoms with Crippen molar-refractivity contribution in [2.45, 2.75) is 38.4 Å². The molecule has 0 aromatic carbocycles. The maximum absolute atomic E-state index is 4.28. The Morgan fingerprint density at radius 3 is 2.88 bits per heavy atom. The molecule has 0 bridgehead atoms. The summed E-state index contributed by atoms with van der Waals surface area (Å²) in [5.41, 5.74) is 0. The lowest BCUT2D eigenvalue weighted by Crippen LogP contribution is -2.55. The highest BCUT2D eigenvalue weighted by molar-refractivity contribution is 4.95. The highest BCUT2D eigenvalue weighted by Gasteiger charge is 2.38. The number of aryl methyl sites for hydroxylation is 1. The van der Waals surface area contributed by atoms with Gasteiger partial charge in [0.15, 0.2) is 5.82 Å². The lowest BCUT2D eigenvalue weighted by Gasteiger charge is -2.39. The van der Waals surface area contributed by atoms with Crippen molar-refractivity contribution in [3.63, 3.8) is 0 Å². The Morgan fingerprint density at radius 2 is 2.24 bits per heavy atom. The molecule has 1 aromatic heterocycles. The van der Waals surface area contributed by atoms with Crippen molar-refractivity contribution < 1.29 is 0 Å². The fourth-order valence-corrected chi connectivity index (χ4v) is 2.70. The molecule has 6 heteroatoms. The van der Waals surface area contributed by atoms with Crippen LogP contribution in [0.25, 0.3) is 0 Å². The summed E-state index contributed by atoms with van der Waals surface area (Å²) in [5.74, 6) is 1.72. The summed E-state index contributed by atoms with van der Waals surface area (Å²) in [5, 5.41) is 15.8. The Hall–Kier alpha value is -1.01. The summed E-state index contributed by atoms with van der Waals surface area (Å²) in [7, 11) is 1.81. The maximum Gasteiger partial charge on any atom is 0.188 e. The van der Waals surface area contributed by atoms with Crippen LogP contribution in [0.4, 0.5) is 0 Å². The quantitative estimate of drug-likeness (QED) is 0.786. The average Bonchev–Trinajstić information content (AvgIpc) is 3.04. The van der Waals surface area contributed by atoms with Crippen molar-refractivity contribution >= 4 is 0 Å². The van der Waals surface area contributed by atoms with E-state index in [-0.39, 0.29) is 0 Å². The number of nitrogens with zero attached hydrogens (tertiary/aromatic N) is 5. The normalized spacial score (nSPS) is 30.7. The van der Waals surface area contributed by atoms with Gasteiger partial charge in [0, 0.05) is 25.2 Å². The van der Waals surface area contributed by atoms with Crippen LogP contribution in [0.3, 0.4) is 0 Å². The molecule has 94 valence electrons. The number of aromatic nitrogens is 4. The predicted octanol–water partition coefficient (Wildman–Crippen LogP) is -0.218. The van der Waals surface area contributed by atoms with E-state index >= 15 is 0 Å². The van der Waals surface area contributed by atoms with Crippen LogP contribution in [0, 0.1) is 5.92 Å². The van der Waals surface area contributed by atoms with E-state index in [1.165, 1.54) is 17.6 Å². The van der Waals surface area contributed by atoms with Crippen LogP contribution in [-0.2, 0) is 13.6 Å². The van der Waals surface area contributed by atoms with E-state index in [0.29, 0.717) is 12.1 Å². The molecule has 3 rings (SSSR count). The molecule has 2 aliphatic rings. The van der Waals surface area contributed by atoms with Crippen molar-refractivity contribution in [2.75, 3.05) is 13.1 Å². The predicted molar refractivity (Wildman–Crippen MR) is 63.2 cm³/mol. The van der Waals surface area contributed by atoms with E-state index in [0.717, 1.165) is 31.4 Å². The Bertz CT molecular complexity index is 385. The van der Waals surface area contributed by atoms with Crippen LogP contribution in [0.2, 0.25) is 0 Å². The molecular weight excluding hydrogens is 216 g/mol. The molecule has 17 heavy (non-hydrogen) atoms. The van der Waals surface area contributed by atoms with Crippen LogP contribution in [0.5, 0.6) is 0 Å². The molecule has 1 aliphatic carbocycles. The van der Waals surface area contributed by atoms with Gasteiger partial charge >= 0.3 is 0 Å². The Balaban J connectivity index is 1.69. The van der Waals surface area contributed by atoms with Gasteiger partial charge < -0.3 is 5.32 Å². The molecule has 0 radical (unpaired) electrons. The Morgan fingerprint density at radius 1 is 1.41 bits per heavy atom. The van der Waals surface area contributed by atoms with E-state index in [9.17, 15) is 0 Å². The average molecular weight is 236 g/mol. The smallest absolute Gasteiger partial charge is 0.188 e. The van der Waals surface area contributed by atoms with E-state index in [1.54, 1.807) is 0 Å². The van der Waals surface area contributed by atoms with Gasteiger partial charge in [0.05, 0.1) is 13.6 Å². The first-order valence-corrected chi connectivity index (χ1v) is 6.42. The molecule has 2 unspecified atom stereocenters. The molecule has 0 spiro atoms. The van der Waals surface area contributed by atoms with E-state index < -0.39 is 0 Å². The minimum Gasteiger partial charge on any atom is -0.311 e. The third-order valence-electron chi connectivity index (χ3n) is 3.71. The van der Waals surface area contributed by atoms with Crippen molar-refractivity contribution in [3.8, 4) is 0 Å². The standard InChI is InChI=1S/C11H20N6/c1-8-6-17(7-11-13-15-16(2)14-11)10(5-12-8)9-3-4-9/h8-10,12H,3-7H2,1-2H3. The second-order valence-electron chi connectivity index (χ2n) is 5.34. The first-order chi connectivity index (χ1) is 8.22. The molecular formula is C11H20N6. The minimum absolute atomic E-state index is 0.557. The summed E-state index contributed by atoms with van der Waals surface area (Å²) >= 11 is 0. The Labute approximate surface area is 101 Å². The number of piperazine rings is 1.